The first kappa shape index (κ1) is 23.7. The van der Waals surface area contributed by atoms with E-state index in [9.17, 15) is 5.26 Å². The normalized spacial score (nSPS) is 13.9. The summed E-state index contributed by atoms with van der Waals surface area (Å²) in [6.45, 7) is 7.02. The fraction of sp³-hybridized carbons (Fsp3) is 0.259. The number of nitriles is 1. The summed E-state index contributed by atoms with van der Waals surface area (Å²) >= 11 is 1.47. The van der Waals surface area contributed by atoms with Crippen LogP contribution in [0.3, 0.4) is 0 Å². The molecule has 0 bridgehead atoms. The number of benzene rings is 2. The van der Waals surface area contributed by atoms with Crippen LogP contribution in [0.4, 0.5) is 22.5 Å². The van der Waals surface area contributed by atoms with Gasteiger partial charge in [-0.3, -0.25) is 4.90 Å². The van der Waals surface area contributed by atoms with Crippen LogP contribution in [0.2, 0.25) is 0 Å². The zero-order chi connectivity index (χ0) is 24.9. The Labute approximate surface area is 215 Å². The monoisotopic (exact) mass is 496 g/mol. The van der Waals surface area contributed by atoms with Crippen molar-refractivity contribution >= 4 is 33.8 Å². The third-order valence-corrected chi connectivity index (χ3v) is 7.43. The number of thiazole rings is 1. The predicted octanol–water partition coefficient (Wildman–Crippen LogP) is 4.89. The van der Waals surface area contributed by atoms with Crippen molar-refractivity contribution in [2.75, 3.05) is 48.8 Å². The highest BCUT2D eigenvalue weighted by Crippen LogP contribution is 2.34. The summed E-state index contributed by atoms with van der Waals surface area (Å²) in [5.74, 6) is 0.449. The fourth-order valence-electron chi connectivity index (χ4n) is 4.31. The molecule has 182 valence electrons. The summed E-state index contributed by atoms with van der Waals surface area (Å²) in [5.41, 5.74) is 5.32. The van der Waals surface area contributed by atoms with Crippen LogP contribution in [0, 0.1) is 18.3 Å². The summed E-state index contributed by atoms with van der Waals surface area (Å²) in [5, 5.41) is 16.7. The van der Waals surface area contributed by atoms with Crippen LogP contribution in [-0.4, -0.2) is 53.1 Å². The van der Waals surface area contributed by atoms with Crippen LogP contribution < -0.4 is 15.5 Å². The van der Waals surface area contributed by atoms with Gasteiger partial charge < -0.3 is 15.5 Å². The number of nitrogens with one attached hydrogen (secondary N) is 2. The van der Waals surface area contributed by atoms with Gasteiger partial charge in [-0.2, -0.15) is 5.26 Å². The van der Waals surface area contributed by atoms with Gasteiger partial charge in [0.2, 0.25) is 5.95 Å². The maximum atomic E-state index is 9.57. The molecule has 2 aromatic carbocycles. The largest absolute Gasteiger partial charge is 0.369 e. The molecule has 0 atom stereocenters. The Balaban J connectivity index is 1.24. The molecule has 36 heavy (non-hydrogen) atoms. The molecule has 9 heteroatoms. The van der Waals surface area contributed by atoms with E-state index < -0.39 is 0 Å². The molecule has 8 nitrogen and oxygen atoms in total. The number of anilines is 4. The van der Waals surface area contributed by atoms with E-state index in [2.05, 4.69) is 83.9 Å². The molecular formula is C27H28N8S. The Morgan fingerprint density at radius 2 is 1.75 bits per heavy atom. The number of rotatable bonds is 7. The van der Waals surface area contributed by atoms with Crippen molar-refractivity contribution in [1.29, 1.82) is 5.26 Å². The molecule has 0 unspecified atom stereocenters. The van der Waals surface area contributed by atoms with Gasteiger partial charge in [-0.25, -0.2) is 15.0 Å². The average molecular weight is 497 g/mol. The van der Waals surface area contributed by atoms with Crippen molar-refractivity contribution < 1.29 is 0 Å². The van der Waals surface area contributed by atoms with Crippen molar-refractivity contribution in [2.24, 2.45) is 0 Å². The molecule has 5 rings (SSSR count). The Morgan fingerprint density at radius 3 is 2.42 bits per heavy atom. The molecule has 0 aliphatic carbocycles. The number of aromatic nitrogens is 3. The molecule has 2 aromatic heterocycles. The van der Waals surface area contributed by atoms with E-state index in [1.54, 1.807) is 6.20 Å². The first-order chi connectivity index (χ1) is 17.6. The predicted molar refractivity (Wildman–Crippen MR) is 146 cm³/mol. The first-order valence-electron chi connectivity index (χ1n) is 11.9. The van der Waals surface area contributed by atoms with Crippen LogP contribution in [0.15, 0.2) is 60.8 Å². The standard InChI is InChI=1S/C27H28N8S/c1-19-25(36-27(29-2)31-19)24-21(16-28)17-30-26(33-24)32-22-8-10-23(11-9-22)35-14-12-34(13-15-35)18-20-6-4-3-5-7-20/h3-11,17H,12-15,18H2,1-2H3,(H,29,31)(H,30,32,33). The summed E-state index contributed by atoms with van der Waals surface area (Å²) in [7, 11) is 1.83. The van der Waals surface area contributed by atoms with Gasteiger partial charge in [0.25, 0.3) is 0 Å². The van der Waals surface area contributed by atoms with Gasteiger partial charge in [0.15, 0.2) is 5.13 Å². The van der Waals surface area contributed by atoms with Gasteiger partial charge in [-0.1, -0.05) is 41.7 Å². The lowest BCUT2D eigenvalue weighted by Crippen LogP contribution is -2.45. The molecule has 4 aromatic rings. The van der Waals surface area contributed by atoms with Crippen molar-refractivity contribution in [3.05, 3.63) is 77.6 Å². The smallest absolute Gasteiger partial charge is 0.227 e. The number of hydrogen-bond acceptors (Lipinski definition) is 9. The minimum absolute atomic E-state index is 0.428. The van der Waals surface area contributed by atoms with E-state index >= 15 is 0 Å². The zero-order valence-electron chi connectivity index (χ0n) is 20.4. The lowest BCUT2D eigenvalue weighted by molar-refractivity contribution is 0.250. The Bertz CT molecular complexity index is 1350. The van der Waals surface area contributed by atoms with Gasteiger partial charge in [-0.15, -0.1) is 0 Å². The third kappa shape index (κ3) is 5.30. The van der Waals surface area contributed by atoms with Gasteiger partial charge in [-0.05, 0) is 36.8 Å². The second kappa shape index (κ2) is 10.7. The second-order valence-electron chi connectivity index (χ2n) is 8.67. The third-order valence-electron chi connectivity index (χ3n) is 6.24. The van der Waals surface area contributed by atoms with Gasteiger partial charge >= 0.3 is 0 Å². The topological polar surface area (TPSA) is 93.0 Å². The molecule has 2 N–H and O–H groups in total. The molecule has 1 aliphatic heterocycles. The van der Waals surface area contributed by atoms with Crippen molar-refractivity contribution in [1.82, 2.24) is 19.9 Å². The van der Waals surface area contributed by atoms with E-state index in [-0.39, 0.29) is 0 Å². The molecular weight excluding hydrogens is 468 g/mol. The van der Waals surface area contributed by atoms with Crippen LogP contribution in [-0.2, 0) is 6.54 Å². The van der Waals surface area contributed by atoms with Crippen LogP contribution in [0.5, 0.6) is 0 Å². The SMILES string of the molecule is CNc1nc(C)c(-c2nc(Nc3ccc(N4CCN(Cc5ccccc5)CC4)cc3)ncc2C#N)s1. The van der Waals surface area contributed by atoms with E-state index in [0.29, 0.717) is 17.2 Å². The lowest BCUT2D eigenvalue weighted by atomic mass is 10.2. The maximum absolute atomic E-state index is 9.57. The quantitative estimate of drug-likeness (QED) is 0.374. The number of piperazine rings is 1. The summed E-state index contributed by atoms with van der Waals surface area (Å²) in [6.07, 6.45) is 1.56. The van der Waals surface area contributed by atoms with Gasteiger partial charge in [0.05, 0.1) is 22.3 Å². The highest BCUT2D eigenvalue weighted by molar-refractivity contribution is 7.19. The van der Waals surface area contributed by atoms with Gasteiger partial charge in [0.1, 0.15) is 11.8 Å². The minimum Gasteiger partial charge on any atom is -0.369 e. The minimum atomic E-state index is 0.428. The average Bonchev–Trinajstić information content (AvgIpc) is 3.30. The summed E-state index contributed by atoms with van der Waals surface area (Å²) in [4.78, 5) is 19.3. The molecule has 1 saturated heterocycles. The molecule has 0 saturated carbocycles. The van der Waals surface area contributed by atoms with Crippen molar-refractivity contribution in [2.45, 2.75) is 13.5 Å². The summed E-state index contributed by atoms with van der Waals surface area (Å²) in [6, 6.07) is 21.2. The van der Waals surface area contributed by atoms with Crippen molar-refractivity contribution in [3.63, 3.8) is 0 Å². The Morgan fingerprint density at radius 1 is 1.00 bits per heavy atom. The van der Waals surface area contributed by atoms with E-state index in [1.165, 1.54) is 22.6 Å². The number of nitrogens with zero attached hydrogens (tertiary/aromatic N) is 6. The second-order valence-corrected chi connectivity index (χ2v) is 9.67. The molecule has 0 radical (unpaired) electrons. The Hall–Kier alpha value is -4.00. The molecule has 1 fully saturated rings. The Kier molecular flexibility index (Phi) is 7.07. The number of hydrogen-bond donors (Lipinski definition) is 2. The molecule has 1 aliphatic rings. The first-order valence-corrected chi connectivity index (χ1v) is 12.8. The fourth-order valence-corrected chi connectivity index (χ4v) is 5.23. The maximum Gasteiger partial charge on any atom is 0.227 e. The summed E-state index contributed by atoms with van der Waals surface area (Å²) < 4.78 is 0. The molecule has 0 spiro atoms. The molecule has 0 amide bonds. The lowest BCUT2D eigenvalue weighted by Gasteiger charge is -2.36. The zero-order valence-corrected chi connectivity index (χ0v) is 21.2. The number of aryl methyl sites for hydroxylation is 1. The van der Waals surface area contributed by atoms with Gasteiger partial charge in [0, 0.05) is 51.1 Å². The van der Waals surface area contributed by atoms with E-state index in [1.807, 2.05) is 26.1 Å². The van der Waals surface area contributed by atoms with Crippen molar-refractivity contribution in [3.8, 4) is 16.6 Å². The molecule has 3 heterocycles. The van der Waals surface area contributed by atoms with Crippen LogP contribution in [0.1, 0.15) is 16.8 Å². The van der Waals surface area contributed by atoms with Crippen LogP contribution >= 0.6 is 11.3 Å². The highest BCUT2D eigenvalue weighted by Gasteiger charge is 2.18. The van der Waals surface area contributed by atoms with E-state index in [0.717, 1.165) is 54.1 Å². The highest BCUT2D eigenvalue weighted by atomic mass is 32.1. The van der Waals surface area contributed by atoms with Crippen LogP contribution in [0.25, 0.3) is 10.6 Å². The van der Waals surface area contributed by atoms with E-state index in [4.69, 9.17) is 0 Å².